The van der Waals surface area contributed by atoms with Gasteiger partial charge in [-0.1, -0.05) is 35.3 Å². The number of aromatic nitrogens is 2. The Morgan fingerprint density at radius 3 is 2.38 bits per heavy atom. The van der Waals surface area contributed by atoms with Crippen LogP contribution in [0, 0.1) is 0 Å². The Bertz CT molecular complexity index is 799. The van der Waals surface area contributed by atoms with Crippen LogP contribution in [-0.4, -0.2) is 9.13 Å². The molecule has 1 aromatic carbocycles. The van der Waals surface area contributed by atoms with Gasteiger partial charge in [-0.05, 0) is 17.5 Å². The predicted octanol–water partition coefficient (Wildman–Crippen LogP) is -1.94. The van der Waals surface area contributed by atoms with Crippen LogP contribution in [0.4, 0.5) is 0 Å². The van der Waals surface area contributed by atoms with Gasteiger partial charge >= 0.3 is 35.2 Å². The Morgan fingerprint density at radius 1 is 1.14 bits per heavy atom. The zero-order valence-electron chi connectivity index (χ0n) is 11.8. The monoisotopic (exact) mass is 336 g/mol. The van der Waals surface area contributed by atoms with Crippen LogP contribution in [-0.2, 0) is 20.5 Å². The van der Waals surface area contributed by atoms with Crippen molar-refractivity contribution < 1.29 is 34.7 Å². The second-order valence-corrected chi connectivity index (χ2v) is 5.16. The summed E-state index contributed by atoms with van der Waals surface area (Å²) >= 11 is 11.9. The van der Waals surface area contributed by atoms with Gasteiger partial charge in [0.05, 0.1) is 10.0 Å². The summed E-state index contributed by atoms with van der Waals surface area (Å²) in [6, 6.07) is 4.98. The molecular formula is C13H11Cl2N2NaO3. The Labute approximate surface area is 153 Å². The van der Waals surface area contributed by atoms with E-state index >= 15 is 0 Å². The predicted molar refractivity (Wildman–Crippen MR) is 75.6 cm³/mol. The van der Waals surface area contributed by atoms with Crippen molar-refractivity contribution in [3.8, 4) is 5.88 Å². The van der Waals surface area contributed by atoms with Gasteiger partial charge in [0.2, 0.25) is 0 Å². The fourth-order valence-electron chi connectivity index (χ4n) is 1.92. The number of hydrogen-bond acceptors (Lipinski definition) is 3. The summed E-state index contributed by atoms with van der Waals surface area (Å²) in [6.07, 6.45) is 0.0268. The van der Waals surface area contributed by atoms with Gasteiger partial charge in [0.25, 0.3) is 5.56 Å². The van der Waals surface area contributed by atoms with E-state index in [-0.39, 0.29) is 41.5 Å². The Morgan fingerprint density at radius 2 is 1.76 bits per heavy atom. The van der Waals surface area contributed by atoms with Gasteiger partial charge in [-0.25, -0.2) is 4.79 Å². The van der Waals surface area contributed by atoms with Crippen molar-refractivity contribution in [2.45, 2.75) is 6.42 Å². The van der Waals surface area contributed by atoms with Gasteiger partial charge in [0.1, 0.15) is 0 Å². The van der Waals surface area contributed by atoms with Gasteiger partial charge < -0.3 is 9.67 Å². The molecule has 2 aromatic rings. The third-order valence-corrected chi connectivity index (χ3v) is 3.96. The van der Waals surface area contributed by atoms with Crippen LogP contribution in [0.15, 0.2) is 27.8 Å². The molecule has 106 valence electrons. The van der Waals surface area contributed by atoms with Crippen molar-refractivity contribution in [3.05, 3.63) is 60.2 Å². The number of benzene rings is 1. The number of nitrogens with zero attached hydrogens (tertiary/aromatic N) is 2. The van der Waals surface area contributed by atoms with Crippen molar-refractivity contribution in [2.24, 2.45) is 14.1 Å². The summed E-state index contributed by atoms with van der Waals surface area (Å²) < 4.78 is 1.80. The van der Waals surface area contributed by atoms with Crippen LogP contribution in [0.5, 0.6) is 5.88 Å². The molecule has 0 aliphatic heterocycles. The van der Waals surface area contributed by atoms with E-state index in [1.54, 1.807) is 18.2 Å². The van der Waals surface area contributed by atoms with Crippen molar-refractivity contribution in [1.82, 2.24) is 9.13 Å². The van der Waals surface area contributed by atoms with E-state index in [9.17, 15) is 14.7 Å². The number of hydrogen-bond donors (Lipinski definition) is 0. The molecule has 0 saturated heterocycles. The normalized spacial score (nSPS) is 10.3. The van der Waals surface area contributed by atoms with E-state index in [1.165, 1.54) is 14.1 Å². The van der Waals surface area contributed by atoms with E-state index in [4.69, 9.17) is 23.2 Å². The summed E-state index contributed by atoms with van der Waals surface area (Å²) in [4.78, 5) is 23.7. The molecule has 0 saturated carbocycles. The fraction of sp³-hybridized carbons (Fsp3) is 0.231. The molecule has 0 bridgehead atoms. The van der Waals surface area contributed by atoms with Gasteiger partial charge in [-0.2, -0.15) is 0 Å². The molecule has 0 fully saturated rings. The minimum Gasteiger partial charge on any atom is -0.860 e. The summed E-state index contributed by atoms with van der Waals surface area (Å²) in [6.45, 7) is 0. The first kappa shape index (κ1) is 18.3. The molecule has 8 heteroatoms. The largest absolute Gasteiger partial charge is 1.00 e. The second kappa shape index (κ2) is 7.03. The second-order valence-electron chi connectivity index (χ2n) is 4.38. The maximum atomic E-state index is 12.0. The molecule has 0 spiro atoms. The van der Waals surface area contributed by atoms with Crippen LogP contribution >= 0.6 is 23.2 Å². The minimum absolute atomic E-state index is 0. The van der Waals surface area contributed by atoms with Crippen molar-refractivity contribution in [1.29, 1.82) is 0 Å². The average Bonchev–Trinajstić information content (AvgIpc) is 2.43. The third kappa shape index (κ3) is 3.38. The zero-order chi connectivity index (χ0) is 15.0. The smallest absolute Gasteiger partial charge is 0.860 e. The molecule has 0 amide bonds. The topological polar surface area (TPSA) is 67.1 Å². The van der Waals surface area contributed by atoms with Crippen molar-refractivity contribution >= 4 is 23.2 Å². The third-order valence-electron chi connectivity index (χ3n) is 3.10. The summed E-state index contributed by atoms with van der Waals surface area (Å²) in [7, 11) is 2.65. The first-order valence-electron chi connectivity index (χ1n) is 5.73. The molecule has 1 heterocycles. The van der Waals surface area contributed by atoms with Crippen LogP contribution in [0.2, 0.25) is 10.0 Å². The van der Waals surface area contributed by atoms with E-state index in [1.807, 2.05) is 0 Å². The number of rotatable bonds is 2. The fourth-order valence-corrected chi connectivity index (χ4v) is 2.31. The van der Waals surface area contributed by atoms with Crippen LogP contribution < -0.4 is 45.9 Å². The van der Waals surface area contributed by atoms with Crippen molar-refractivity contribution in [2.75, 3.05) is 0 Å². The van der Waals surface area contributed by atoms with E-state index in [2.05, 4.69) is 0 Å². The summed E-state index contributed by atoms with van der Waals surface area (Å²) in [5.41, 5.74) is -0.721. The quantitative estimate of drug-likeness (QED) is 0.599. The first-order valence-corrected chi connectivity index (χ1v) is 6.49. The van der Waals surface area contributed by atoms with Gasteiger partial charge in [0, 0.05) is 26.1 Å². The minimum atomic E-state index is -0.652. The molecule has 0 unspecified atom stereocenters. The average molecular weight is 337 g/mol. The molecule has 0 radical (unpaired) electrons. The van der Waals surface area contributed by atoms with Gasteiger partial charge in [-0.15, -0.1) is 0 Å². The van der Waals surface area contributed by atoms with E-state index < -0.39 is 17.1 Å². The van der Waals surface area contributed by atoms with Crippen LogP contribution in [0.3, 0.4) is 0 Å². The molecule has 0 aliphatic carbocycles. The summed E-state index contributed by atoms with van der Waals surface area (Å²) in [5, 5.41) is 12.7. The van der Waals surface area contributed by atoms with Crippen LogP contribution in [0.1, 0.15) is 11.1 Å². The molecule has 5 nitrogen and oxygen atoms in total. The standard InChI is InChI=1S/C13H12Cl2N2O3.Na/c1-16-11(18)8(12(19)17(2)13(16)20)6-7-4-3-5-9(14)10(7)15;/h3-5,18H,6H2,1-2H3;/q;+1/p-1. The molecule has 2 rings (SSSR count). The molecule has 0 aliphatic rings. The zero-order valence-corrected chi connectivity index (χ0v) is 15.3. The Hall–Kier alpha value is -0.720. The number of halogens is 2. The first-order chi connectivity index (χ1) is 9.34. The Balaban J connectivity index is 0.00000220. The maximum absolute atomic E-state index is 12.0. The van der Waals surface area contributed by atoms with Crippen LogP contribution in [0.25, 0.3) is 0 Å². The summed E-state index contributed by atoms with van der Waals surface area (Å²) in [5.74, 6) is -0.617. The SMILES string of the molecule is Cn1c([O-])c(Cc2cccc(Cl)c2Cl)c(=O)n(C)c1=O.[Na+]. The van der Waals surface area contributed by atoms with Gasteiger partial charge in [0.15, 0.2) is 0 Å². The molecule has 0 N–H and O–H groups in total. The molecule has 21 heavy (non-hydrogen) atoms. The van der Waals surface area contributed by atoms with Gasteiger partial charge in [-0.3, -0.25) is 9.36 Å². The Kier molecular flexibility index (Phi) is 6.13. The van der Waals surface area contributed by atoms with E-state index in [0.717, 1.165) is 9.13 Å². The molecule has 0 atom stereocenters. The maximum Gasteiger partial charge on any atom is 1.00 e. The molecular weight excluding hydrogens is 326 g/mol. The molecule has 1 aromatic heterocycles. The van der Waals surface area contributed by atoms with E-state index in [0.29, 0.717) is 15.6 Å². The van der Waals surface area contributed by atoms with Crippen molar-refractivity contribution in [3.63, 3.8) is 0 Å².